The fourth-order valence-electron chi connectivity index (χ4n) is 4.54. The van der Waals surface area contributed by atoms with Crippen LogP contribution in [0.25, 0.3) is 22.1 Å². The average Bonchev–Trinajstić information content (AvgIpc) is 3.48. The summed E-state index contributed by atoms with van der Waals surface area (Å²) in [7, 11) is 0. The lowest BCUT2D eigenvalue weighted by atomic mass is 10.2. The predicted octanol–water partition coefficient (Wildman–Crippen LogP) is 3.12. The largest absolute Gasteiger partial charge is 0.379 e. The zero-order valence-corrected chi connectivity index (χ0v) is 21.0. The van der Waals surface area contributed by atoms with Crippen LogP contribution >= 0.6 is 0 Å². The molecule has 0 bridgehead atoms. The minimum Gasteiger partial charge on any atom is -0.379 e. The summed E-state index contributed by atoms with van der Waals surface area (Å²) in [5.41, 5.74) is 5.37. The van der Waals surface area contributed by atoms with E-state index >= 15 is 0 Å². The molecule has 0 atom stereocenters. The number of hydrogen-bond acceptors (Lipinski definition) is 7. The van der Waals surface area contributed by atoms with Crippen molar-refractivity contribution in [3.8, 4) is 0 Å². The summed E-state index contributed by atoms with van der Waals surface area (Å²) in [6.07, 6.45) is 0. The van der Waals surface area contributed by atoms with Gasteiger partial charge in [0.2, 0.25) is 0 Å². The van der Waals surface area contributed by atoms with Gasteiger partial charge in [-0.1, -0.05) is 24.3 Å². The number of nitrogens with zero attached hydrogens (tertiary/aromatic N) is 4. The molecule has 0 radical (unpaired) electrons. The minimum atomic E-state index is 0.595. The molecule has 5 rings (SSSR count). The standard InChI is InChI=1S/C27H36N6O3/c1-21-5-4-8-24-27(21)31-26(30-24)20-33-10-14-34-13-9-32(11-15-35-17-18-36-16-12-33)19-25-28-22-6-2-3-7-23(22)29-25/h2-8H,9-20H2,1H3,(H,28,29)(H,30,31). The molecule has 0 saturated carbocycles. The summed E-state index contributed by atoms with van der Waals surface area (Å²) in [6, 6.07) is 14.4. The lowest BCUT2D eigenvalue weighted by molar-refractivity contribution is 0.0307. The topological polar surface area (TPSA) is 91.5 Å². The summed E-state index contributed by atoms with van der Waals surface area (Å²) < 4.78 is 17.7. The van der Waals surface area contributed by atoms with Crippen molar-refractivity contribution >= 4 is 22.1 Å². The smallest absolute Gasteiger partial charge is 0.121 e. The molecule has 2 N–H and O–H groups in total. The normalized spacial score (nSPS) is 18.4. The van der Waals surface area contributed by atoms with Crippen LogP contribution in [0.3, 0.4) is 0 Å². The Morgan fingerprint density at radius 1 is 0.667 bits per heavy atom. The highest BCUT2D eigenvalue weighted by atomic mass is 16.5. The Morgan fingerprint density at radius 2 is 1.22 bits per heavy atom. The van der Waals surface area contributed by atoms with Gasteiger partial charge < -0.3 is 24.2 Å². The van der Waals surface area contributed by atoms with Crippen molar-refractivity contribution < 1.29 is 14.2 Å². The maximum atomic E-state index is 6.06. The van der Waals surface area contributed by atoms with Gasteiger partial charge >= 0.3 is 0 Å². The molecule has 9 nitrogen and oxygen atoms in total. The molecule has 2 aromatic carbocycles. The second-order valence-corrected chi connectivity index (χ2v) is 9.24. The van der Waals surface area contributed by atoms with Gasteiger partial charge in [0.05, 0.1) is 74.8 Å². The van der Waals surface area contributed by atoms with E-state index in [2.05, 4.69) is 51.0 Å². The van der Waals surface area contributed by atoms with E-state index in [0.29, 0.717) is 39.6 Å². The number of hydrogen-bond donors (Lipinski definition) is 2. The summed E-state index contributed by atoms with van der Waals surface area (Å²) in [6.45, 7) is 10.7. The quantitative estimate of drug-likeness (QED) is 0.452. The van der Waals surface area contributed by atoms with Crippen molar-refractivity contribution in [3.05, 3.63) is 59.7 Å². The Morgan fingerprint density at radius 3 is 1.86 bits per heavy atom. The van der Waals surface area contributed by atoms with Crippen LogP contribution < -0.4 is 0 Å². The van der Waals surface area contributed by atoms with Gasteiger partial charge in [0.1, 0.15) is 11.6 Å². The van der Waals surface area contributed by atoms with Gasteiger partial charge in [0.15, 0.2) is 0 Å². The molecule has 2 aromatic heterocycles. The third-order valence-electron chi connectivity index (χ3n) is 6.53. The molecule has 1 aliphatic rings. The molecule has 9 heteroatoms. The molecule has 4 aromatic rings. The molecule has 0 unspecified atom stereocenters. The lowest BCUT2D eigenvalue weighted by Gasteiger charge is -2.22. The van der Waals surface area contributed by atoms with E-state index < -0.39 is 0 Å². The van der Waals surface area contributed by atoms with Gasteiger partial charge in [-0.05, 0) is 30.7 Å². The first-order valence-electron chi connectivity index (χ1n) is 12.8. The molecule has 0 aliphatic carbocycles. The first-order valence-corrected chi connectivity index (χ1v) is 12.8. The number of para-hydroxylation sites is 3. The zero-order valence-electron chi connectivity index (χ0n) is 21.0. The molecular weight excluding hydrogens is 456 g/mol. The van der Waals surface area contributed by atoms with E-state index in [1.54, 1.807) is 0 Å². The summed E-state index contributed by atoms with van der Waals surface area (Å²) in [5, 5.41) is 0. The zero-order chi connectivity index (χ0) is 24.6. The van der Waals surface area contributed by atoms with Crippen molar-refractivity contribution in [3.63, 3.8) is 0 Å². The molecule has 0 spiro atoms. The van der Waals surface area contributed by atoms with Gasteiger partial charge in [-0.25, -0.2) is 9.97 Å². The van der Waals surface area contributed by atoms with Crippen LogP contribution in [0.2, 0.25) is 0 Å². The van der Waals surface area contributed by atoms with Gasteiger partial charge in [-0.3, -0.25) is 9.80 Å². The fourth-order valence-corrected chi connectivity index (χ4v) is 4.54. The number of H-pyrrole nitrogens is 2. The van der Waals surface area contributed by atoms with E-state index in [9.17, 15) is 0 Å². The van der Waals surface area contributed by atoms with Crippen LogP contribution in [-0.2, 0) is 27.3 Å². The maximum absolute atomic E-state index is 6.06. The first kappa shape index (κ1) is 24.9. The van der Waals surface area contributed by atoms with Crippen molar-refractivity contribution in [2.24, 2.45) is 0 Å². The summed E-state index contributed by atoms with van der Waals surface area (Å²) >= 11 is 0. The number of imidazole rings is 2. The molecule has 3 heterocycles. The van der Waals surface area contributed by atoms with Crippen molar-refractivity contribution in [2.75, 3.05) is 65.8 Å². The minimum absolute atomic E-state index is 0.595. The van der Waals surface area contributed by atoms with Crippen LogP contribution in [0, 0.1) is 6.92 Å². The van der Waals surface area contributed by atoms with Gasteiger partial charge in [0.25, 0.3) is 0 Å². The van der Waals surface area contributed by atoms with Gasteiger partial charge in [-0.2, -0.15) is 0 Å². The van der Waals surface area contributed by atoms with Crippen LogP contribution in [0.5, 0.6) is 0 Å². The lowest BCUT2D eigenvalue weighted by Crippen LogP contribution is -2.33. The number of nitrogens with one attached hydrogen (secondary N) is 2. The van der Waals surface area contributed by atoms with E-state index in [4.69, 9.17) is 24.2 Å². The number of fused-ring (bicyclic) bond motifs is 2. The summed E-state index contributed by atoms with van der Waals surface area (Å²) in [5.74, 6) is 1.93. The Labute approximate surface area is 211 Å². The first-order chi connectivity index (χ1) is 17.7. The van der Waals surface area contributed by atoms with E-state index in [-0.39, 0.29) is 0 Å². The Kier molecular flexibility index (Phi) is 8.58. The molecular formula is C27H36N6O3. The highest BCUT2D eigenvalue weighted by Crippen LogP contribution is 2.16. The second-order valence-electron chi connectivity index (χ2n) is 9.24. The predicted molar refractivity (Wildman–Crippen MR) is 140 cm³/mol. The Bertz CT molecular complexity index is 1210. The third-order valence-corrected chi connectivity index (χ3v) is 6.53. The van der Waals surface area contributed by atoms with E-state index in [1.165, 1.54) is 5.56 Å². The van der Waals surface area contributed by atoms with Crippen LogP contribution in [0.4, 0.5) is 0 Å². The van der Waals surface area contributed by atoms with Gasteiger partial charge in [-0.15, -0.1) is 0 Å². The third kappa shape index (κ3) is 6.68. The number of rotatable bonds is 4. The maximum Gasteiger partial charge on any atom is 0.121 e. The number of aromatic amines is 2. The molecule has 1 aliphatic heterocycles. The average molecular weight is 493 g/mol. The van der Waals surface area contributed by atoms with Crippen LogP contribution in [-0.4, -0.2) is 95.6 Å². The molecule has 1 saturated heterocycles. The number of ether oxygens (including phenoxy) is 3. The molecule has 0 amide bonds. The fraction of sp³-hybridized carbons (Fsp3) is 0.481. The number of benzene rings is 2. The number of aromatic nitrogens is 4. The number of aryl methyl sites for hydroxylation is 1. The van der Waals surface area contributed by atoms with E-state index in [0.717, 1.165) is 73.0 Å². The van der Waals surface area contributed by atoms with E-state index in [1.807, 2.05) is 18.2 Å². The van der Waals surface area contributed by atoms with Crippen molar-refractivity contribution in [1.29, 1.82) is 0 Å². The van der Waals surface area contributed by atoms with Crippen molar-refractivity contribution in [2.45, 2.75) is 20.0 Å². The van der Waals surface area contributed by atoms with Gasteiger partial charge in [0, 0.05) is 26.2 Å². The Hall–Kier alpha value is -2.82. The summed E-state index contributed by atoms with van der Waals surface area (Å²) in [4.78, 5) is 21.1. The second kappa shape index (κ2) is 12.4. The highest BCUT2D eigenvalue weighted by Gasteiger charge is 2.13. The van der Waals surface area contributed by atoms with Crippen molar-refractivity contribution in [1.82, 2.24) is 29.7 Å². The van der Waals surface area contributed by atoms with Crippen LogP contribution in [0.1, 0.15) is 17.2 Å². The van der Waals surface area contributed by atoms with Crippen LogP contribution in [0.15, 0.2) is 42.5 Å². The molecule has 1 fully saturated rings. The SMILES string of the molecule is Cc1cccc2[nH]c(CN3CCOCCOCCN(Cc4nc5ccccc5[nH]4)CCOCC3)nc12. The molecule has 192 valence electrons. The highest BCUT2D eigenvalue weighted by molar-refractivity contribution is 5.78. The molecule has 36 heavy (non-hydrogen) atoms. The monoisotopic (exact) mass is 492 g/mol. The Balaban J connectivity index is 1.17.